The van der Waals surface area contributed by atoms with E-state index in [0.29, 0.717) is 11.5 Å². The molecule has 1 saturated carbocycles. The van der Waals surface area contributed by atoms with Crippen LogP contribution in [0.1, 0.15) is 62.4 Å². The van der Waals surface area contributed by atoms with E-state index in [1.54, 1.807) is 0 Å². The molecule has 0 spiro atoms. The van der Waals surface area contributed by atoms with E-state index in [0.717, 1.165) is 24.8 Å². The van der Waals surface area contributed by atoms with Crippen molar-refractivity contribution in [1.29, 1.82) is 0 Å². The quantitative estimate of drug-likeness (QED) is 0.740. The van der Waals surface area contributed by atoms with Gasteiger partial charge in [0.25, 0.3) is 0 Å². The number of rotatable bonds is 4. The minimum absolute atomic E-state index is 0.0691. The molecule has 0 bridgehead atoms. The number of carbonyl (C=O) groups excluding carboxylic acids is 1. The maximum Gasteiger partial charge on any atom is 0.338 e. The monoisotopic (exact) mass is 274 g/mol. The van der Waals surface area contributed by atoms with E-state index in [1.165, 1.54) is 6.42 Å². The molecule has 0 aromatic heterocycles. The molecule has 20 heavy (non-hydrogen) atoms. The Morgan fingerprint density at radius 3 is 2.70 bits per heavy atom. The van der Waals surface area contributed by atoms with Crippen LogP contribution in [0.5, 0.6) is 0 Å². The van der Waals surface area contributed by atoms with Crippen molar-refractivity contribution in [2.45, 2.75) is 59.5 Å². The first-order valence-corrected chi connectivity index (χ1v) is 7.78. The number of hydrogen-bond acceptors (Lipinski definition) is 2. The molecule has 1 aliphatic carbocycles. The Balaban J connectivity index is 2.17. The van der Waals surface area contributed by atoms with Crippen LogP contribution in [0.25, 0.3) is 0 Å². The normalized spacial score (nSPS) is 25.9. The number of aryl methyl sites for hydroxylation is 1. The van der Waals surface area contributed by atoms with Crippen molar-refractivity contribution in [2.75, 3.05) is 0 Å². The van der Waals surface area contributed by atoms with E-state index in [1.807, 2.05) is 31.2 Å². The van der Waals surface area contributed by atoms with E-state index < -0.39 is 0 Å². The highest BCUT2D eigenvalue weighted by Gasteiger charge is 2.46. The molecule has 1 fully saturated rings. The Morgan fingerprint density at radius 2 is 2.10 bits per heavy atom. The van der Waals surface area contributed by atoms with Gasteiger partial charge in [-0.1, -0.05) is 39.0 Å². The average Bonchev–Trinajstić information content (AvgIpc) is 2.83. The molecule has 2 nitrogen and oxygen atoms in total. The number of carbonyl (C=O) groups is 1. The molecule has 0 amide bonds. The van der Waals surface area contributed by atoms with Crippen molar-refractivity contribution in [1.82, 2.24) is 0 Å². The summed E-state index contributed by atoms with van der Waals surface area (Å²) in [6.07, 6.45) is 4.49. The lowest BCUT2D eigenvalue weighted by molar-refractivity contribution is -0.0242. The summed E-state index contributed by atoms with van der Waals surface area (Å²) in [6.45, 7) is 8.69. The predicted octanol–water partition coefficient (Wildman–Crippen LogP) is 4.76. The maximum absolute atomic E-state index is 12.4. The Bertz CT molecular complexity index is 478. The molecule has 0 saturated heterocycles. The van der Waals surface area contributed by atoms with E-state index in [9.17, 15) is 4.79 Å². The summed E-state index contributed by atoms with van der Waals surface area (Å²) in [7, 11) is 0. The van der Waals surface area contributed by atoms with Crippen molar-refractivity contribution >= 4 is 5.97 Å². The van der Waals surface area contributed by atoms with E-state index in [-0.39, 0.29) is 17.5 Å². The van der Waals surface area contributed by atoms with Gasteiger partial charge in [0, 0.05) is 5.41 Å². The fourth-order valence-corrected chi connectivity index (χ4v) is 3.71. The number of ether oxygens (including phenoxy) is 1. The standard InChI is InChI=1S/C18H26O2/c1-5-18(13(2)3)12-8-11-16(18)20-17(19)15-10-7-6-9-14(15)4/h6-7,9-10,13,16H,5,8,11-12H2,1-4H3. The molecule has 2 heteroatoms. The van der Waals surface area contributed by atoms with Crippen LogP contribution in [0.2, 0.25) is 0 Å². The highest BCUT2D eigenvalue weighted by Crippen LogP contribution is 2.48. The highest BCUT2D eigenvalue weighted by molar-refractivity contribution is 5.91. The van der Waals surface area contributed by atoms with Gasteiger partial charge in [0.15, 0.2) is 0 Å². The van der Waals surface area contributed by atoms with Gasteiger partial charge in [0.1, 0.15) is 6.10 Å². The summed E-state index contributed by atoms with van der Waals surface area (Å²) in [5, 5.41) is 0. The molecule has 1 aromatic carbocycles. The summed E-state index contributed by atoms with van der Waals surface area (Å²) < 4.78 is 5.91. The molecule has 110 valence electrons. The summed E-state index contributed by atoms with van der Waals surface area (Å²) in [6, 6.07) is 7.66. The van der Waals surface area contributed by atoms with Gasteiger partial charge >= 0.3 is 5.97 Å². The molecule has 2 unspecified atom stereocenters. The van der Waals surface area contributed by atoms with Gasteiger partial charge in [-0.3, -0.25) is 0 Å². The zero-order chi connectivity index (χ0) is 14.8. The van der Waals surface area contributed by atoms with Crippen LogP contribution in [-0.2, 0) is 4.74 Å². The van der Waals surface area contributed by atoms with Crippen LogP contribution < -0.4 is 0 Å². The van der Waals surface area contributed by atoms with Gasteiger partial charge in [0.2, 0.25) is 0 Å². The summed E-state index contributed by atoms with van der Waals surface area (Å²) in [4.78, 5) is 12.4. The van der Waals surface area contributed by atoms with Crippen LogP contribution in [0.4, 0.5) is 0 Å². The topological polar surface area (TPSA) is 26.3 Å². The lowest BCUT2D eigenvalue weighted by Gasteiger charge is -2.38. The fraction of sp³-hybridized carbons (Fsp3) is 0.611. The van der Waals surface area contributed by atoms with Gasteiger partial charge in [-0.15, -0.1) is 0 Å². The first-order chi connectivity index (χ1) is 9.51. The zero-order valence-electron chi connectivity index (χ0n) is 13.1. The molecule has 1 aliphatic rings. The Morgan fingerprint density at radius 1 is 1.40 bits per heavy atom. The van der Waals surface area contributed by atoms with Gasteiger partial charge in [-0.2, -0.15) is 0 Å². The molecule has 0 N–H and O–H groups in total. The number of benzene rings is 1. The van der Waals surface area contributed by atoms with Crippen molar-refractivity contribution in [3.63, 3.8) is 0 Å². The molecular weight excluding hydrogens is 248 g/mol. The van der Waals surface area contributed by atoms with Crippen LogP contribution in [0.15, 0.2) is 24.3 Å². The second kappa shape index (κ2) is 5.99. The highest BCUT2D eigenvalue weighted by atomic mass is 16.5. The van der Waals surface area contributed by atoms with Crippen LogP contribution >= 0.6 is 0 Å². The fourth-order valence-electron chi connectivity index (χ4n) is 3.71. The molecule has 0 heterocycles. The average molecular weight is 274 g/mol. The third-order valence-electron chi connectivity index (χ3n) is 5.17. The van der Waals surface area contributed by atoms with Gasteiger partial charge < -0.3 is 4.74 Å². The largest absolute Gasteiger partial charge is 0.458 e. The van der Waals surface area contributed by atoms with E-state index in [4.69, 9.17) is 4.74 Å². The first kappa shape index (κ1) is 15.1. The summed E-state index contributed by atoms with van der Waals surface area (Å²) in [5.41, 5.74) is 1.86. The lowest BCUT2D eigenvalue weighted by atomic mass is 9.72. The molecular formula is C18H26O2. The predicted molar refractivity (Wildman–Crippen MR) is 81.8 cm³/mol. The van der Waals surface area contributed by atoms with Gasteiger partial charge in [-0.05, 0) is 50.2 Å². The second-order valence-electron chi connectivity index (χ2n) is 6.34. The lowest BCUT2D eigenvalue weighted by Crippen LogP contribution is -2.38. The molecule has 2 rings (SSSR count). The minimum Gasteiger partial charge on any atom is -0.458 e. The minimum atomic E-state index is -0.159. The SMILES string of the molecule is CCC1(C(C)C)CCCC1OC(=O)c1ccccc1C. The summed E-state index contributed by atoms with van der Waals surface area (Å²) in [5.74, 6) is 0.387. The van der Waals surface area contributed by atoms with Crippen molar-refractivity contribution in [3.05, 3.63) is 35.4 Å². The maximum atomic E-state index is 12.4. The van der Waals surface area contributed by atoms with Crippen molar-refractivity contribution < 1.29 is 9.53 Å². The summed E-state index contributed by atoms with van der Waals surface area (Å²) >= 11 is 0. The van der Waals surface area contributed by atoms with E-state index in [2.05, 4.69) is 20.8 Å². The molecule has 0 radical (unpaired) electrons. The number of hydrogen-bond donors (Lipinski definition) is 0. The van der Waals surface area contributed by atoms with Crippen molar-refractivity contribution in [2.24, 2.45) is 11.3 Å². The molecule has 2 atom stereocenters. The first-order valence-electron chi connectivity index (χ1n) is 7.78. The van der Waals surface area contributed by atoms with Crippen molar-refractivity contribution in [3.8, 4) is 0 Å². The Labute approximate surface area is 122 Å². The molecule has 0 aliphatic heterocycles. The Hall–Kier alpha value is -1.31. The third-order valence-corrected chi connectivity index (χ3v) is 5.17. The Kier molecular flexibility index (Phi) is 4.52. The smallest absolute Gasteiger partial charge is 0.338 e. The van der Waals surface area contributed by atoms with Gasteiger partial charge in [-0.25, -0.2) is 4.79 Å². The second-order valence-corrected chi connectivity index (χ2v) is 6.34. The van der Waals surface area contributed by atoms with E-state index >= 15 is 0 Å². The third kappa shape index (κ3) is 2.61. The number of esters is 1. The zero-order valence-corrected chi connectivity index (χ0v) is 13.1. The van der Waals surface area contributed by atoms with Crippen LogP contribution in [0, 0.1) is 18.3 Å². The van der Waals surface area contributed by atoms with Gasteiger partial charge in [0.05, 0.1) is 5.56 Å². The van der Waals surface area contributed by atoms with Crippen LogP contribution in [-0.4, -0.2) is 12.1 Å². The van der Waals surface area contributed by atoms with Crippen LogP contribution in [0.3, 0.4) is 0 Å². The molecule has 1 aromatic rings.